The number of aryl methyl sites for hydroxylation is 3. The van der Waals surface area contributed by atoms with Crippen molar-refractivity contribution in [2.24, 2.45) is 0 Å². The van der Waals surface area contributed by atoms with E-state index in [-0.39, 0.29) is 5.56 Å². The minimum absolute atomic E-state index is 0.0367. The number of hydrogen-bond acceptors (Lipinski definition) is 2. The second-order valence-electron chi connectivity index (χ2n) is 6.61. The van der Waals surface area contributed by atoms with Gasteiger partial charge >= 0.3 is 0 Å². The zero-order valence-corrected chi connectivity index (χ0v) is 16.1. The van der Waals surface area contributed by atoms with E-state index >= 15 is 0 Å². The van der Waals surface area contributed by atoms with Crippen LogP contribution < -0.4 is 16.2 Å². The van der Waals surface area contributed by atoms with Crippen LogP contribution in [0.25, 0.3) is 10.9 Å². The molecule has 26 heavy (non-hydrogen) atoms. The van der Waals surface area contributed by atoms with Crippen molar-refractivity contribution in [1.82, 2.24) is 10.3 Å². The molecule has 3 aromatic rings. The van der Waals surface area contributed by atoms with Crippen LogP contribution in [0, 0.1) is 20.8 Å². The lowest BCUT2D eigenvalue weighted by Crippen LogP contribution is -2.31. The van der Waals surface area contributed by atoms with Crippen molar-refractivity contribution in [3.63, 3.8) is 0 Å². The van der Waals surface area contributed by atoms with Crippen LogP contribution in [0.2, 0.25) is 0 Å². The molecule has 0 aliphatic heterocycles. The predicted octanol–water partition coefficient (Wildman–Crippen LogP) is 3.98. The van der Waals surface area contributed by atoms with Crippen molar-refractivity contribution >= 4 is 33.9 Å². The first-order valence-electron chi connectivity index (χ1n) is 8.67. The highest BCUT2D eigenvalue weighted by molar-refractivity contribution is 7.80. The maximum Gasteiger partial charge on any atom is 0.251 e. The van der Waals surface area contributed by atoms with Gasteiger partial charge in [-0.15, -0.1) is 0 Å². The molecular formula is C21H23N3OS. The van der Waals surface area contributed by atoms with Crippen molar-refractivity contribution < 1.29 is 0 Å². The average Bonchev–Trinajstić information content (AvgIpc) is 2.61. The maximum absolute atomic E-state index is 12.4. The summed E-state index contributed by atoms with van der Waals surface area (Å²) < 4.78 is 0. The van der Waals surface area contributed by atoms with E-state index in [0.717, 1.165) is 33.3 Å². The summed E-state index contributed by atoms with van der Waals surface area (Å²) >= 11 is 5.32. The number of pyridine rings is 1. The lowest BCUT2D eigenvalue weighted by atomic mass is 10.0. The van der Waals surface area contributed by atoms with Gasteiger partial charge in [-0.3, -0.25) is 4.79 Å². The Labute approximate surface area is 158 Å². The molecule has 0 atom stereocenters. The fourth-order valence-corrected chi connectivity index (χ4v) is 3.15. The Morgan fingerprint density at radius 3 is 2.46 bits per heavy atom. The van der Waals surface area contributed by atoms with Gasteiger partial charge in [-0.25, -0.2) is 0 Å². The lowest BCUT2D eigenvalue weighted by molar-refractivity contribution is 0.863. The van der Waals surface area contributed by atoms with E-state index in [2.05, 4.69) is 28.6 Å². The van der Waals surface area contributed by atoms with Crippen LogP contribution in [-0.2, 0) is 6.42 Å². The molecule has 3 N–H and O–H groups in total. The summed E-state index contributed by atoms with van der Waals surface area (Å²) in [6.45, 7) is 6.71. The molecule has 0 radical (unpaired) electrons. The van der Waals surface area contributed by atoms with Crippen molar-refractivity contribution in [2.45, 2.75) is 27.2 Å². The molecule has 0 bridgehead atoms. The number of H-pyrrole nitrogens is 1. The lowest BCUT2D eigenvalue weighted by Gasteiger charge is -2.11. The maximum atomic E-state index is 12.4. The average molecular weight is 366 g/mol. The number of rotatable bonds is 4. The van der Waals surface area contributed by atoms with Crippen molar-refractivity contribution in [3.8, 4) is 0 Å². The Morgan fingerprint density at radius 2 is 1.73 bits per heavy atom. The fourth-order valence-electron chi connectivity index (χ4n) is 2.93. The van der Waals surface area contributed by atoms with E-state index in [0.29, 0.717) is 18.1 Å². The number of hydrogen-bond donors (Lipinski definition) is 3. The van der Waals surface area contributed by atoms with Crippen LogP contribution in [0.5, 0.6) is 0 Å². The molecule has 134 valence electrons. The smallest absolute Gasteiger partial charge is 0.251 e. The quantitative estimate of drug-likeness (QED) is 0.612. The monoisotopic (exact) mass is 365 g/mol. The molecule has 5 heteroatoms. The van der Waals surface area contributed by atoms with Crippen LogP contribution in [-0.4, -0.2) is 16.6 Å². The number of fused-ring (bicyclic) bond motifs is 1. The minimum Gasteiger partial charge on any atom is -0.362 e. The normalized spacial score (nSPS) is 10.7. The van der Waals surface area contributed by atoms with Gasteiger partial charge in [0.25, 0.3) is 5.56 Å². The number of nitrogens with one attached hydrogen (secondary N) is 3. The van der Waals surface area contributed by atoms with Crippen molar-refractivity contribution in [2.75, 3.05) is 11.9 Å². The SMILES string of the molecule is Cc1ccc(NC(=S)NCCc2cc3c(C)ccc(C)c3[nH]c2=O)cc1. The van der Waals surface area contributed by atoms with Crippen LogP contribution in [0.1, 0.15) is 22.3 Å². The topological polar surface area (TPSA) is 56.9 Å². The summed E-state index contributed by atoms with van der Waals surface area (Å²) in [5, 5.41) is 7.96. The Hall–Kier alpha value is -2.66. The van der Waals surface area contributed by atoms with Gasteiger partial charge in [0.15, 0.2) is 5.11 Å². The third kappa shape index (κ3) is 4.11. The zero-order valence-electron chi connectivity index (χ0n) is 15.3. The molecule has 0 aliphatic rings. The molecular weight excluding hydrogens is 342 g/mol. The number of aromatic nitrogens is 1. The van der Waals surface area contributed by atoms with Crippen molar-refractivity contribution in [3.05, 3.63) is 75.1 Å². The standard InChI is InChI=1S/C21H23N3OS/c1-13-4-8-17(9-5-13)23-21(26)22-11-10-16-12-18-14(2)6-7-15(3)19(18)24-20(16)25/h4-9,12H,10-11H2,1-3H3,(H,24,25)(H2,22,23,26). The molecule has 0 unspecified atom stereocenters. The van der Waals surface area contributed by atoms with Gasteiger partial charge in [0.05, 0.1) is 5.52 Å². The number of thiocarbonyl (C=S) groups is 1. The van der Waals surface area contributed by atoms with Crippen LogP contribution >= 0.6 is 12.2 Å². The molecule has 0 amide bonds. The molecule has 0 aliphatic carbocycles. The summed E-state index contributed by atoms with van der Waals surface area (Å²) in [6.07, 6.45) is 0.606. The number of aromatic amines is 1. The van der Waals surface area contributed by atoms with Gasteiger partial charge in [0, 0.05) is 23.2 Å². The summed E-state index contributed by atoms with van der Waals surface area (Å²) in [5.41, 5.74) is 6.03. The Kier molecular flexibility index (Phi) is 5.38. The second kappa shape index (κ2) is 7.70. The first kappa shape index (κ1) is 18.1. The molecule has 1 heterocycles. The summed E-state index contributed by atoms with van der Waals surface area (Å²) in [5.74, 6) is 0. The molecule has 2 aromatic carbocycles. The van der Waals surface area contributed by atoms with Crippen molar-refractivity contribution in [1.29, 1.82) is 0 Å². The third-order valence-electron chi connectivity index (χ3n) is 4.51. The first-order chi connectivity index (χ1) is 12.4. The van der Waals surface area contributed by atoms with Crippen LogP contribution in [0.4, 0.5) is 5.69 Å². The fraction of sp³-hybridized carbons (Fsp3) is 0.238. The Bertz CT molecular complexity index is 1010. The van der Waals surface area contributed by atoms with Gasteiger partial charge in [0.1, 0.15) is 0 Å². The summed E-state index contributed by atoms with van der Waals surface area (Å²) in [7, 11) is 0. The van der Waals surface area contributed by atoms with E-state index in [1.54, 1.807) is 0 Å². The van der Waals surface area contributed by atoms with Crippen LogP contribution in [0.3, 0.4) is 0 Å². The third-order valence-corrected chi connectivity index (χ3v) is 4.76. The van der Waals surface area contributed by atoms with E-state index in [9.17, 15) is 4.79 Å². The molecule has 0 saturated heterocycles. The van der Waals surface area contributed by atoms with E-state index in [1.807, 2.05) is 50.2 Å². The Morgan fingerprint density at radius 1 is 1.04 bits per heavy atom. The zero-order chi connectivity index (χ0) is 18.7. The first-order valence-corrected chi connectivity index (χ1v) is 9.08. The highest BCUT2D eigenvalue weighted by Gasteiger charge is 2.07. The van der Waals surface area contributed by atoms with Gasteiger partial charge in [-0.2, -0.15) is 0 Å². The molecule has 0 fully saturated rings. The number of anilines is 1. The summed E-state index contributed by atoms with van der Waals surface area (Å²) in [4.78, 5) is 15.4. The van der Waals surface area contributed by atoms with Gasteiger partial charge in [0.2, 0.25) is 0 Å². The van der Waals surface area contributed by atoms with Gasteiger partial charge < -0.3 is 15.6 Å². The Balaban J connectivity index is 1.65. The summed E-state index contributed by atoms with van der Waals surface area (Å²) in [6, 6.07) is 14.1. The highest BCUT2D eigenvalue weighted by atomic mass is 32.1. The molecule has 0 saturated carbocycles. The van der Waals surface area contributed by atoms with Gasteiger partial charge in [-0.1, -0.05) is 29.8 Å². The van der Waals surface area contributed by atoms with Gasteiger partial charge in [-0.05, 0) is 68.7 Å². The van der Waals surface area contributed by atoms with E-state index in [4.69, 9.17) is 12.2 Å². The van der Waals surface area contributed by atoms with Crippen LogP contribution in [0.15, 0.2) is 47.3 Å². The van der Waals surface area contributed by atoms with E-state index in [1.165, 1.54) is 5.56 Å². The molecule has 0 spiro atoms. The molecule has 3 rings (SSSR count). The predicted molar refractivity (Wildman–Crippen MR) is 113 cm³/mol. The number of benzene rings is 2. The highest BCUT2D eigenvalue weighted by Crippen LogP contribution is 2.19. The molecule has 1 aromatic heterocycles. The molecule has 4 nitrogen and oxygen atoms in total. The second-order valence-corrected chi connectivity index (χ2v) is 7.02. The minimum atomic E-state index is -0.0367. The largest absolute Gasteiger partial charge is 0.362 e. The van der Waals surface area contributed by atoms with E-state index < -0.39 is 0 Å².